The van der Waals surface area contributed by atoms with Crippen molar-refractivity contribution in [3.63, 3.8) is 0 Å². The summed E-state index contributed by atoms with van der Waals surface area (Å²) < 4.78 is 51.7. The Morgan fingerprint density at radius 3 is 2.57 bits per heavy atom. The number of aliphatic hydroxyl groups is 1. The molecule has 1 aromatic carbocycles. The Balaban J connectivity index is 1.82. The van der Waals surface area contributed by atoms with Gasteiger partial charge >= 0.3 is 19.4 Å². The molecule has 0 amide bonds. The van der Waals surface area contributed by atoms with Crippen molar-refractivity contribution >= 4 is 13.7 Å². The standard InChI is InChI=1S/C23H31FN3O9P/c1-13(2)34-20(30)15(4)26-37(32,36-16-9-7-6-8-10-16)33-12-17-18(28)23(5,24)21(35-17)27-11-14(3)19(29)25-22(27)31/h6-11,13,15,17-18,21,28H,12H2,1-5H3,(H,26,32)(H,25,29,31)/t15-,17-,18-,21-,23-,37-/m1/s1. The lowest BCUT2D eigenvalue weighted by atomic mass is 9.98. The van der Waals surface area contributed by atoms with E-state index in [9.17, 15) is 24.1 Å². The van der Waals surface area contributed by atoms with Gasteiger partial charge in [-0.15, -0.1) is 0 Å². The molecule has 0 spiro atoms. The smallest absolute Gasteiger partial charge is 0.459 e. The summed E-state index contributed by atoms with van der Waals surface area (Å²) in [4.78, 5) is 38.3. The molecule has 1 aromatic heterocycles. The molecule has 1 saturated heterocycles. The summed E-state index contributed by atoms with van der Waals surface area (Å²) in [6.07, 6.45) is -4.14. The monoisotopic (exact) mass is 543 g/mol. The van der Waals surface area contributed by atoms with Gasteiger partial charge in [0.25, 0.3) is 5.56 Å². The predicted molar refractivity (Wildman–Crippen MR) is 130 cm³/mol. The minimum atomic E-state index is -4.31. The van der Waals surface area contributed by atoms with Crippen molar-refractivity contribution in [3.05, 3.63) is 62.9 Å². The van der Waals surface area contributed by atoms with Crippen LogP contribution in [-0.4, -0.2) is 57.3 Å². The van der Waals surface area contributed by atoms with Gasteiger partial charge in [0, 0.05) is 11.8 Å². The maximum absolute atomic E-state index is 15.6. The molecule has 0 bridgehead atoms. The highest BCUT2D eigenvalue weighted by Gasteiger charge is 2.56. The number of halogens is 1. The van der Waals surface area contributed by atoms with Crippen LogP contribution in [-0.2, 0) is 23.4 Å². The predicted octanol–water partition coefficient (Wildman–Crippen LogP) is 1.96. The van der Waals surface area contributed by atoms with Gasteiger partial charge in [-0.2, -0.15) is 5.09 Å². The molecule has 37 heavy (non-hydrogen) atoms. The van der Waals surface area contributed by atoms with Gasteiger partial charge in [0.05, 0.1) is 12.7 Å². The molecule has 0 radical (unpaired) electrons. The van der Waals surface area contributed by atoms with Gasteiger partial charge in [-0.1, -0.05) is 18.2 Å². The number of carbonyl (C=O) groups is 1. The zero-order valence-electron chi connectivity index (χ0n) is 21.0. The molecule has 1 aliphatic rings. The van der Waals surface area contributed by atoms with E-state index in [0.29, 0.717) is 0 Å². The summed E-state index contributed by atoms with van der Waals surface area (Å²) in [5.41, 5.74) is -3.94. The number of nitrogens with one attached hydrogen (secondary N) is 2. The number of alkyl halides is 1. The summed E-state index contributed by atoms with van der Waals surface area (Å²) in [5.74, 6) is -0.559. The average molecular weight is 543 g/mol. The molecule has 3 N–H and O–H groups in total. The van der Waals surface area contributed by atoms with Crippen molar-refractivity contribution in [2.45, 2.75) is 70.9 Å². The highest BCUT2D eigenvalue weighted by atomic mass is 31.2. The van der Waals surface area contributed by atoms with Gasteiger partial charge < -0.3 is 19.1 Å². The lowest BCUT2D eigenvalue weighted by molar-refractivity contribution is -0.149. The van der Waals surface area contributed by atoms with Crippen LogP contribution in [0.15, 0.2) is 46.1 Å². The Morgan fingerprint density at radius 1 is 1.30 bits per heavy atom. The first-order valence-corrected chi connectivity index (χ1v) is 13.1. The first-order valence-electron chi connectivity index (χ1n) is 11.6. The largest absolute Gasteiger partial charge is 0.462 e. The number of hydrogen-bond donors (Lipinski definition) is 3. The molecule has 14 heteroatoms. The topological polar surface area (TPSA) is 158 Å². The molecule has 1 fully saturated rings. The van der Waals surface area contributed by atoms with Crippen LogP contribution in [0.5, 0.6) is 5.75 Å². The third-order valence-electron chi connectivity index (χ3n) is 5.55. The molecule has 0 unspecified atom stereocenters. The second kappa shape index (κ2) is 11.3. The lowest BCUT2D eigenvalue weighted by Crippen LogP contribution is -2.44. The number of rotatable bonds is 10. The van der Waals surface area contributed by atoms with Crippen molar-refractivity contribution in [2.24, 2.45) is 0 Å². The second-order valence-corrected chi connectivity index (χ2v) is 10.8. The highest BCUT2D eigenvalue weighted by molar-refractivity contribution is 7.52. The van der Waals surface area contributed by atoms with Gasteiger partial charge in [0.15, 0.2) is 11.9 Å². The van der Waals surface area contributed by atoms with E-state index in [1.165, 1.54) is 26.0 Å². The van der Waals surface area contributed by atoms with Gasteiger partial charge in [0.1, 0.15) is 24.0 Å². The van der Waals surface area contributed by atoms with Gasteiger partial charge in [-0.05, 0) is 46.8 Å². The number of hydrogen-bond acceptors (Lipinski definition) is 9. The van der Waals surface area contributed by atoms with Crippen molar-refractivity contribution in [2.75, 3.05) is 6.61 Å². The van der Waals surface area contributed by atoms with Gasteiger partial charge in [0.2, 0.25) is 0 Å². The zero-order chi connectivity index (χ0) is 27.5. The van der Waals surface area contributed by atoms with Crippen LogP contribution in [0.4, 0.5) is 4.39 Å². The van der Waals surface area contributed by atoms with Crippen molar-refractivity contribution in [1.29, 1.82) is 0 Å². The third-order valence-corrected chi connectivity index (χ3v) is 7.19. The van der Waals surface area contributed by atoms with Crippen LogP contribution in [0.3, 0.4) is 0 Å². The fourth-order valence-electron chi connectivity index (χ4n) is 3.62. The number of aliphatic hydroxyl groups excluding tert-OH is 1. The molecule has 3 rings (SSSR count). The van der Waals surface area contributed by atoms with Crippen LogP contribution in [0.2, 0.25) is 0 Å². The number of para-hydroxylation sites is 1. The Morgan fingerprint density at radius 2 is 1.95 bits per heavy atom. The maximum Gasteiger partial charge on any atom is 0.459 e. The van der Waals surface area contributed by atoms with E-state index < -0.39 is 67.8 Å². The quantitative estimate of drug-likeness (QED) is 0.299. The SMILES string of the molecule is Cc1cn([C@@H]2O[C@H](CO[P@](=O)(N[C@H](C)C(=O)OC(C)C)Oc3ccccc3)[C@@H](O)[C@@]2(C)F)c(=O)[nH]c1=O. The summed E-state index contributed by atoms with van der Waals surface area (Å²) in [6.45, 7) is 6.51. The molecule has 6 atom stereocenters. The Labute approximate surface area is 212 Å². The first kappa shape index (κ1) is 28.7. The van der Waals surface area contributed by atoms with Crippen LogP contribution >= 0.6 is 7.75 Å². The Kier molecular flexibility index (Phi) is 8.76. The number of esters is 1. The highest BCUT2D eigenvalue weighted by Crippen LogP contribution is 2.47. The molecule has 204 valence electrons. The number of carbonyl (C=O) groups excluding carboxylic acids is 1. The number of nitrogens with zero attached hydrogens (tertiary/aromatic N) is 1. The summed E-state index contributed by atoms with van der Waals surface area (Å²) in [6, 6.07) is 6.87. The molecule has 12 nitrogen and oxygen atoms in total. The molecule has 0 saturated carbocycles. The molecular formula is C23H31FN3O9P. The third kappa shape index (κ3) is 6.74. The van der Waals surface area contributed by atoms with Crippen LogP contribution in [0.1, 0.15) is 39.5 Å². The van der Waals surface area contributed by atoms with Crippen molar-refractivity contribution in [1.82, 2.24) is 14.6 Å². The molecule has 0 aliphatic carbocycles. The Bertz CT molecular complexity index is 1260. The van der Waals surface area contributed by atoms with E-state index >= 15 is 4.39 Å². The molecular weight excluding hydrogens is 512 g/mol. The second-order valence-electron chi connectivity index (χ2n) is 9.14. The maximum atomic E-state index is 15.6. The fraction of sp³-hybridized carbons (Fsp3) is 0.522. The van der Waals surface area contributed by atoms with E-state index in [2.05, 4.69) is 10.1 Å². The van der Waals surface area contributed by atoms with E-state index in [-0.39, 0.29) is 11.3 Å². The fourth-order valence-corrected chi connectivity index (χ4v) is 5.12. The zero-order valence-corrected chi connectivity index (χ0v) is 21.9. The first-order chi connectivity index (χ1) is 17.2. The molecule has 2 heterocycles. The van der Waals surface area contributed by atoms with Crippen molar-refractivity contribution < 1.29 is 37.4 Å². The summed E-state index contributed by atoms with van der Waals surface area (Å²) in [5, 5.41) is 13.1. The van der Waals surface area contributed by atoms with Gasteiger partial charge in [-0.25, -0.2) is 13.8 Å². The van der Waals surface area contributed by atoms with Gasteiger partial charge in [-0.3, -0.25) is 23.7 Å². The molecule has 2 aromatic rings. The number of aromatic amines is 1. The number of ether oxygens (including phenoxy) is 2. The normalized spacial score (nSPS) is 26.0. The number of H-pyrrole nitrogens is 1. The van der Waals surface area contributed by atoms with E-state index in [4.69, 9.17) is 18.5 Å². The molecule has 1 aliphatic heterocycles. The lowest BCUT2D eigenvalue weighted by Gasteiger charge is -2.25. The van der Waals surface area contributed by atoms with E-state index in [1.54, 1.807) is 32.0 Å². The number of aryl methyl sites for hydroxylation is 1. The van der Waals surface area contributed by atoms with Crippen LogP contribution in [0.25, 0.3) is 0 Å². The minimum Gasteiger partial charge on any atom is -0.462 e. The van der Waals surface area contributed by atoms with E-state index in [1.807, 2.05) is 0 Å². The van der Waals surface area contributed by atoms with Crippen molar-refractivity contribution in [3.8, 4) is 5.75 Å². The van der Waals surface area contributed by atoms with E-state index in [0.717, 1.165) is 17.7 Å². The number of aromatic nitrogens is 2. The van der Waals surface area contributed by atoms with Crippen LogP contribution in [0, 0.1) is 6.92 Å². The summed E-state index contributed by atoms with van der Waals surface area (Å²) in [7, 11) is -4.31. The Hall–Kier alpha value is -2.83. The minimum absolute atomic E-state index is 0.125. The van der Waals surface area contributed by atoms with Crippen LogP contribution < -0.4 is 20.9 Å². The number of benzene rings is 1. The average Bonchev–Trinajstić information content (AvgIpc) is 3.03. The summed E-state index contributed by atoms with van der Waals surface area (Å²) >= 11 is 0.